The van der Waals surface area contributed by atoms with Gasteiger partial charge in [0.15, 0.2) is 11.6 Å². The first-order valence-electron chi connectivity index (χ1n) is 13.2. The van der Waals surface area contributed by atoms with Crippen molar-refractivity contribution in [3.8, 4) is 23.0 Å². The molecule has 0 radical (unpaired) electrons. The summed E-state index contributed by atoms with van der Waals surface area (Å²) in [5.74, 6) is 1.31. The smallest absolute Gasteiger partial charge is 0.171 e. The second-order valence-corrected chi connectivity index (χ2v) is 10.9. The van der Waals surface area contributed by atoms with Crippen LogP contribution in [0.4, 0.5) is 4.39 Å². The summed E-state index contributed by atoms with van der Waals surface area (Å²) < 4.78 is 27.6. The molecule has 3 aromatic carbocycles. The maximum Gasteiger partial charge on any atom is 0.171 e. The highest BCUT2D eigenvalue weighted by Crippen LogP contribution is 2.53. The van der Waals surface area contributed by atoms with E-state index in [4.69, 9.17) is 9.47 Å². The van der Waals surface area contributed by atoms with Crippen LogP contribution in [-0.4, -0.2) is 40.9 Å². The van der Waals surface area contributed by atoms with Crippen LogP contribution < -0.4 is 9.47 Å². The van der Waals surface area contributed by atoms with Crippen LogP contribution >= 0.6 is 0 Å². The molecule has 0 aliphatic carbocycles. The van der Waals surface area contributed by atoms with E-state index in [0.717, 1.165) is 36.5 Å². The monoisotopic (exact) mass is 505 g/mol. The molecule has 0 bridgehead atoms. The maximum atomic E-state index is 15.0. The molecule has 0 aromatic heterocycles. The first-order valence-corrected chi connectivity index (χ1v) is 13.2. The van der Waals surface area contributed by atoms with Crippen LogP contribution in [0.5, 0.6) is 23.0 Å². The lowest BCUT2D eigenvalue weighted by Gasteiger charge is -2.39. The van der Waals surface area contributed by atoms with Crippen molar-refractivity contribution in [1.82, 2.24) is 4.90 Å². The van der Waals surface area contributed by atoms with E-state index in [1.54, 1.807) is 18.2 Å². The van der Waals surface area contributed by atoms with Gasteiger partial charge in [-0.3, -0.25) is 4.90 Å². The van der Waals surface area contributed by atoms with Crippen LogP contribution in [0.1, 0.15) is 62.3 Å². The van der Waals surface area contributed by atoms with Crippen LogP contribution in [0.25, 0.3) is 0 Å². The van der Waals surface area contributed by atoms with E-state index in [0.29, 0.717) is 23.1 Å². The Bertz CT molecular complexity index is 1220. The molecule has 3 aromatic rings. The van der Waals surface area contributed by atoms with Crippen LogP contribution in [0.2, 0.25) is 0 Å². The van der Waals surface area contributed by atoms with Gasteiger partial charge in [0, 0.05) is 31.1 Å². The number of hydrogen-bond acceptors (Lipinski definition) is 5. The van der Waals surface area contributed by atoms with E-state index in [-0.39, 0.29) is 35.5 Å². The zero-order valence-corrected chi connectivity index (χ0v) is 21.9. The summed E-state index contributed by atoms with van der Waals surface area (Å²) in [6.07, 6.45) is -0.309. The quantitative estimate of drug-likeness (QED) is 0.395. The van der Waals surface area contributed by atoms with Gasteiger partial charge in [-0.1, -0.05) is 45.0 Å². The van der Waals surface area contributed by atoms with Crippen LogP contribution in [-0.2, 0) is 0 Å². The van der Waals surface area contributed by atoms with Crippen LogP contribution in [0.15, 0.2) is 60.7 Å². The Morgan fingerprint density at radius 2 is 1.54 bits per heavy atom. The number of nitrogens with zero attached hydrogens (tertiary/aromatic N) is 1. The maximum absolute atomic E-state index is 15.0. The first kappa shape index (κ1) is 25.4. The molecule has 5 rings (SSSR count). The van der Waals surface area contributed by atoms with Crippen molar-refractivity contribution in [1.29, 1.82) is 0 Å². The molecule has 6 heteroatoms. The van der Waals surface area contributed by atoms with E-state index in [9.17, 15) is 14.6 Å². The highest BCUT2D eigenvalue weighted by atomic mass is 19.1. The summed E-state index contributed by atoms with van der Waals surface area (Å²) in [5.41, 5.74) is 2.24. The van der Waals surface area contributed by atoms with Gasteiger partial charge in [-0.2, -0.15) is 0 Å². The second-order valence-electron chi connectivity index (χ2n) is 10.9. The normalized spacial score (nSPS) is 26.4. The van der Waals surface area contributed by atoms with E-state index >= 15 is 0 Å². The molecule has 2 heterocycles. The Labute approximate surface area is 218 Å². The fraction of sp³-hybridized carbons (Fsp3) is 0.419. The molecule has 37 heavy (non-hydrogen) atoms. The molecule has 2 aliphatic heterocycles. The average molecular weight is 506 g/mol. The first-order chi connectivity index (χ1) is 17.7. The minimum atomic E-state index is -0.647. The molecule has 0 spiro atoms. The van der Waals surface area contributed by atoms with Crippen LogP contribution in [0, 0.1) is 17.7 Å². The molecule has 0 amide bonds. The van der Waals surface area contributed by atoms with Gasteiger partial charge in [0.2, 0.25) is 0 Å². The lowest BCUT2D eigenvalue weighted by Crippen LogP contribution is -2.32. The lowest BCUT2D eigenvalue weighted by atomic mass is 9.75. The predicted molar refractivity (Wildman–Crippen MR) is 142 cm³/mol. The Hall–Kier alpha value is -3.25. The average Bonchev–Trinajstić information content (AvgIpc) is 3.18. The van der Waals surface area contributed by atoms with Gasteiger partial charge < -0.3 is 19.7 Å². The predicted octanol–water partition coefficient (Wildman–Crippen LogP) is 6.61. The lowest BCUT2D eigenvalue weighted by molar-refractivity contribution is 0.133. The molecule has 6 atom stereocenters. The second kappa shape index (κ2) is 10.3. The van der Waals surface area contributed by atoms with Crippen molar-refractivity contribution >= 4 is 0 Å². The zero-order chi connectivity index (χ0) is 26.3. The molecule has 1 saturated heterocycles. The van der Waals surface area contributed by atoms with E-state index in [1.165, 1.54) is 6.07 Å². The van der Waals surface area contributed by atoms with Gasteiger partial charge in [-0.05, 0) is 72.2 Å². The number of phenolic OH excluding ortho intramolecular Hbond substituents is 2. The number of likely N-dealkylation sites (tertiary alicyclic amines) is 1. The Morgan fingerprint density at radius 3 is 2.19 bits per heavy atom. The Kier molecular flexibility index (Phi) is 7.04. The number of aromatic hydroxyl groups is 2. The summed E-state index contributed by atoms with van der Waals surface area (Å²) in [7, 11) is 0. The molecular weight excluding hydrogens is 469 g/mol. The third kappa shape index (κ3) is 5.12. The zero-order valence-electron chi connectivity index (χ0n) is 21.9. The fourth-order valence-electron chi connectivity index (χ4n) is 5.95. The van der Waals surface area contributed by atoms with Gasteiger partial charge >= 0.3 is 0 Å². The minimum Gasteiger partial charge on any atom is -0.508 e. The van der Waals surface area contributed by atoms with Crippen molar-refractivity contribution in [2.45, 2.75) is 51.7 Å². The van der Waals surface area contributed by atoms with Crippen LogP contribution in [0.3, 0.4) is 0 Å². The number of ether oxygens (including phenoxy) is 2. The number of phenols is 2. The topological polar surface area (TPSA) is 62.2 Å². The van der Waals surface area contributed by atoms with E-state index in [1.807, 2.05) is 43.3 Å². The standard InChI is InChI=1S/C31H36FNO4/c1-18-15-33(16-19(18)2)17-20(3)36-25-11-7-23(8-12-25)31-28(22-5-9-24(34)10-6-22)21(4)29-27(37-31)14-13-26(35)30(29)32/h5-14,18-21,28,31,34-35H,15-17H2,1-4H3/t18-,19-,20-,21+,28-,31+/m1/s1. The summed E-state index contributed by atoms with van der Waals surface area (Å²) in [4.78, 5) is 2.47. The number of fused-ring (bicyclic) bond motifs is 1. The van der Waals surface area contributed by atoms with Gasteiger partial charge in [-0.15, -0.1) is 0 Å². The van der Waals surface area contributed by atoms with E-state index in [2.05, 4.69) is 25.7 Å². The number of rotatable bonds is 6. The summed E-state index contributed by atoms with van der Waals surface area (Å²) in [6, 6.07) is 17.9. The molecule has 2 N–H and O–H groups in total. The largest absolute Gasteiger partial charge is 0.508 e. The van der Waals surface area contributed by atoms with Crippen molar-refractivity contribution in [3.63, 3.8) is 0 Å². The molecule has 5 nitrogen and oxygen atoms in total. The van der Waals surface area contributed by atoms with Gasteiger partial charge in [0.25, 0.3) is 0 Å². The third-order valence-corrected chi connectivity index (χ3v) is 8.10. The molecule has 2 aliphatic rings. The van der Waals surface area contributed by atoms with Gasteiger partial charge in [0.1, 0.15) is 29.5 Å². The van der Waals surface area contributed by atoms with Crippen molar-refractivity contribution in [2.24, 2.45) is 11.8 Å². The highest BCUT2D eigenvalue weighted by molar-refractivity contribution is 5.49. The number of hydrogen-bond donors (Lipinski definition) is 2. The van der Waals surface area contributed by atoms with E-state index < -0.39 is 5.82 Å². The summed E-state index contributed by atoms with van der Waals surface area (Å²) in [6.45, 7) is 11.8. The van der Waals surface area contributed by atoms with Gasteiger partial charge in [0.05, 0.1) is 0 Å². The third-order valence-electron chi connectivity index (χ3n) is 8.10. The summed E-state index contributed by atoms with van der Waals surface area (Å²) in [5, 5.41) is 19.8. The van der Waals surface area contributed by atoms with Crippen molar-refractivity contribution in [2.75, 3.05) is 19.6 Å². The van der Waals surface area contributed by atoms with Crippen molar-refractivity contribution < 1.29 is 24.1 Å². The highest BCUT2D eigenvalue weighted by Gasteiger charge is 2.40. The molecule has 196 valence electrons. The number of halogens is 1. The Morgan fingerprint density at radius 1 is 0.919 bits per heavy atom. The molecule has 1 fully saturated rings. The SMILES string of the molecule is C[C@H](CN1C[C@@H](C)[C@H](C)C1)Oc1ccc([C@@H]2Oc3ccc(O)c(F)c3[C@@H](C)[C@@H]2c2ccc(O)cc2)cc1. The Balaban J connectivity index is 1.39. The minimum absolute atomic E-state index is 0.0709. The fourth-order valence-corrected chi connectivity index (χ4v) is 5.95. The summed E-state index contributed by atoms with van der Waals surface area (Å²) >= 11 is 0. The number of benzene rings is 3. The van der Waals surface area contributed by atoms with Gasteiger partial charge in [-0.25, -0.2) is 4.39 Å². The molecular formula is C31H36FNO4. The van der Waals surface area contributed by atoms with Crippen molar-refractivity contribution in [3.05, 3.63) is 83.2 Å². The molecule has 0 unspecified atom stereocenters. The molecule has 0 saturated carbocycles.